The standard InChI is InChI=1S/C15H22N4O/c1-10(2)8-16-9-14-18-19-15(20-14)17-13-6-5-11(3)7-12(13)4/h5-7,10,16H,8-9H2,1-4H3,(H,17,19). The molecule has 5 heteroatoms. The molecular formula is C15H22N4O. The molecule has 1 aromatic heterocycles. The van der Waals surface area contributed by atoms with Gasteiger partial charge in [-0.05, 0) is 37.9 Å². The number of nitrogens with zero attached hydrogens (tertiary/aromatic N) is 2. The first-order chi connectivity index (χ1) is 9.54. The maximum atomic E-state index is 5.56. The van der Waals surface area contributed by atoms with Gasteiger partial charge in [-0.25, -0.2) is 0 Å². The van der Waals surface area contributed by atoms with Crippen LogP contribution in [0.1, 0.15) is 30.9 Å². The zero-order valence-electron chi connectivity index (χ0n) is 12.5. The largest absolute Gasteiger partial charge is 0.406 e. The number of benzene rings is 1. The van der Waals surface area contributed by atoms with Gasteiger partial charge in [0.2, 0.25) is 5.89 Å². The molecule has 0 aliphatic heterocycles. The Bertz CT molecular complexity index is 563. The van der Waals surface area contributed by atoms with Crippen molar-refractivity contribution in [3.63, 3.8) is 0 Å². The monoisotopic (exact) mass is 274 g/mol. The summed E-state index contributed by atoms with van der Waals surface area (Å²) in [7, 11) is 0. The van der Waals surface area contributed by atoms with Crippen LogP contribution in [-0.4, -0.2) is 16.7 Å². The number of rotatable bonds is 6. The van der Waals surface area contributed by atoms with E-state index in [0.29, 0.717) is 24.4 Å². The van der Waals surface area contributed by atoms with Gasteiger partial charge in [0.25, 0.3) is 0 Å². The third-order valence-electron chi connectivity index (χ3n) is 2.92. The van der Waals surface area contributed by atoms with E-state index in [2.05, 4.69) is 60.7 Å². The summed E-state index contributed by atoms with van der Waals surface area (Å²) in [6.07, 6.45) is 0. The Labute approximate surface area is 119 Å². The predicted octanol–water partition coefficient (Wildman–Crippen LogP) is 3.18. The predicted molar refractivity (Wildman–Crippen MR) is 80.0 cm³/mol. The van der Waals surface area contributed by atoms with Gasteiger partial charge in [-0.3, -0.25) is 0 Å². The fourth-order valence-electron chi connectivity index (χ4n) is 1.91. The van der Waals surface area contributed by atoms with E-state index in [1.165, 1.54) is 5.56 Å². The average Bonchev–Trinajstić information content (AvgIpc) is 2.80. The van der Waals surface area contributed by atoms with Crippen molar-refractivity contribution < 1.29 is 4.42 Å². The van der Waals surface area contributed by atoms with Crippen LogP contribution in [-0.2, 0) is 6.54 Å². The lowest BCUT2D eigenvalue weighted by Crippen LogP contribution is -2.19. The van der Waals surface area contributed by atoms with Gasteiger partial charge in [-0.2, -0.15) is 0 Å². The highest BCUT2D eigenvalue weighted by molar-refractivity contribution is 5.57. The Kier molecular flexibility index (Phi) is 4.74. The van der Waals surface area contributed by atoms with Gasteiger partial charge in [-0.1, -0.05) is 36.6 Å². The Morgan fingerprint density at radius 1 is 1.20 bits per heavy atom. The zero-order valence-corrected chi connectivity index (χ0v) is 12.5. The van der Waals surface area contributed by atoms with Crippen molar-refractivity contribution in [1.82, 2.24) is 15.5 Å². The molecule has 0 aliphatic rings. The van der Waals surface area contributed by atoms with Crippen molar-refractivity contribution in [3.8, 4) is 0 Å². The van der Waals surface area contributed by atoms with Crippen molar-refractivity contribution in [2.75, 3.05) is 11.9 Å². The minimum absolute atomic E-state index is 0.429. The van der Waals surface area contributed by atoms with Crippen molar-refractivity contribution in [2.45, 2.75) is 34.2 Å². The molecule has 0 spiro atoms. The molecule has 108 valence electrons. The zero-order chi connectivity index (χ0) is 14.5. The summed E-state index contributed by atoms with van der Waals surface area (Å²) < 4.78 is 5.56. The first kappa shape index (κ1) is 14.5. The second kappa shape index (κ2) is 6.52. The van der Waals surface area contributed by atoms with E-state index in [4.69, 9.17) is 4.42 Å². The SMILES string of the molecule is Cc1ccc(Nc2nnc(CNCC(C)C)o2)c(C)c1. The van der Waals surface area contributed by atoms with Gasteiger partial charge in [0.15, 0.2) is 0 Å². The van der Waals surface area contributed by atoms with Gasteiger partial charge in [0.05, 0.1) is 6.54 Å². The van der Waals surface area contributed by atoms with Crippen LogP contribution in [0.3, 0.4) is 0 Å². The maximum absolute atomic E-state index is 5.56. The summed E-state index contributed by atoms with van der Waals surface area (Å²) in [5.74, 6) is 1.20. The number of aryl methyl sites for hydroxylation is 2. The van der Waals surface area contributed by atoms with E-state index < -0.39 is 0 Å². The van der Waals surface area contributed by atoms with Gasteiger partial charge < -0.3 is 15.1 Å². The summed E-state index contributed by atoms with van der Waals surface area (Å²) in [5, 5.41) is 14.4. The van der Waals surface area contributed by atoms with Crippen LogP contribution in [0.2, 0.25) is 0 Å². The fourth-order valence-corrected chi connectivity index (χ4v) is 1.91. The third-order valence-corrected chi connectivity index (χ3v) is 2.92. The molecule has 20 heavy (non-hydrogen) atoms. The molecule has 0 aliphatic carbocycles. The molecule has 0 saturated heterocycles. The molecule has 0 radical (unpaired) electrons. The molecule has 2 rings (SSSR count). The Hall–Kier alpha value is -1.88. The molecule has 0 unspecified atom stereocenters. The van der Waals surface area contributed by atoms with E-state index in [-0.39, 0.29) is 0 Å². The number of nitrogens with one attached hydrogen (secondary N) is 2. The summed E-state index contributed by atoms with van der Waals surface area (Å²) in [6.45, 7) is 9.97. The van der Waals surface area contributed by atoms with E-state index in [9.17, 15) is 0 Å². The molecule has 1 aromatic carbocycles. The summed E-state index contributed by atoms with van der Waals surface area (Å²) in [4.78, 5) is 0. The van der Waals surface area contributed by atoms with E-state index >= 15 is 0 Å². The van der Waals surface area contributed by atoms with Crippen molar-refractivity contribution >= 4 is 11.7 Å². The smallest absolute Gasteiger partial charge is 0.320 e. The highest BCUT2D eigenvalue weighted by atomic mass is 16.4. The van der Waals surface area contributed by atoms with Crippen molar-refractivity contribution in [2.24, 2.45) is 5.92 Å². The van der Waals surface area contributed by atoms with Crippen LogP contribution in [0.4, 0.5) is 11.7 Å². The number of hydrogen-bond acceptors (Lipinski definition) is 5. The summed E-state index contributed by atoms with van der Waals surface area (Å²) in [6, 6.07) is 6.62. The molecule has 5 nitrogen and oxygen atoms in total. The summed E-state index contributed by atoms with van der Waals surface area (Å²) >= 11 is 0. The minimum atomic E-state index is 0.429. The van der Waals surface area contributed by atoms with E-state index in [1.807, 2.05) is 6.07 Å². The summed E-state index contributed by atoms with van der Waals surface area (Å²) in [5.41, 5.74) is 3.38. The van der Waals surface area contributed by atoms with Gasteiger partial charge in [-0.15, -0.1) is 5.10 Å². The molecule has 2 aromatic rings. The molecule has 0 saturated carbocycles. The molecule has 1 heterocycles. The first-order valence-corrected chi connectivity index (χ1v) is 6.92. The quantitative estimate of drug-likeness (QED) is 0.847. The van der Waals surface area contributed by atoms with Crippen LogP contribution in [0.15, 0.2) is 22.6 Å². The van der Waals surface area contributed by atoms with Crippen LogP contribution in [0.25, 0.3) is 0 Å². The van der Waals surface area contributed by atoms with Crippen LogP contribution in [0.5, 0.6) is 0 Å². The molecule has 0 amide bonds. The first-order valence-electron chi connectivity index (χ1n) is 6.92. The van der Waals surface area contributed by atoms with Crippen LogP contribution in [0, 0.1) is 19.8 Å². The van der Waals surface area contributed by atoms with E-state index in [1.54, 1.807) is 0 Å². The third kappa shape index (κ3) is 4.06. The molecule has 0 fully saturated rings. The fraction of sp³-hybridized carbons (Fsp3) is 0.467. The van der Waals surface area contributed by atoms with E-state index in [0.717, 1.165) is 17.8 Å². The Balaban J connectivity index is 1.95. The van der Waals surface area contributed by atoms with Gasteiger partial charge in [0.1, 0.15) is 0 Å². The number of anilines is 2. The van der Waals surface area contributed by atoms with Gasteiger partial charge >= 0.3 is 6.01 Å². The average molecular weight is 274 g/mol. The normalized spacial score (nSPS) is 11.1. The second-order valence-corrected chi connectivity index (χ2v) is 5.47. The second-order valence-electron chi connectivity index (χ2n) is 5.47. The number of aromatic nitrogens is 2. The maximum Gasteiger partial charge on any atom is 0.320 e. The van der Waals surface area contributed by atoms with Crippen LogP contribution < -0.4 is 10.6 Å². The highest BCUT2D eigenvalue weighted by Gasteiger charge is 2.07. The lowest BCUT2D eigenvalue weighted by Gasteiger charge is -2.06. The molecule has 2 N–H and O–H groups in total. The highest BCUT2D eigenvalue weighted by Crippen LogP contribution is 2.20. The molecule has 0 bridgehead atoms. The van der Waals surface area contributed by atoms with Gasteiger partial charge in [0, 0.05) is 5.69 Å². The lowest BCUT2D eigenvalue weighted by atomic mass is 10.1. The van der Waals surface area contributed by atoms with Crippen LogP contribution >= 0.6 is 0 Å². The van der Waals surface area contributed by atoms with Crippen molar-refractivity contribution in [3.05, 3.63) is 35.2 Å². The minimum Gasteiger partial charge on any atom is -0.406 e. The Morgan fingerprint density at radius 3 is 2.70 bits per heavy atom. The molecular weight excluding hydrogens is 252 g/mol. The topological polar surface area (TPSA) is 63.0 Å². The Morgan fingerprint density at radius 2 is 2.00 bits per heavy atom. The lowest BCUT2D eigenvalue weighted by molar-refractivity contribution is 0.460. The molecule has 0 atom stereocenters. The van der Waals surface area contributed by atoms with Crippen molar-refractivity contribution in [1.29, 1.82) is 0 Å². The number of hydrogen-bond donors (Lipinski definition) is 2.